The van der Waals surface area contributed by atoms with E-state index in [0.717, 1.165) is 11.8 Å². The number of carboxylic acids is 6. The van der Waals surface area contributed by atoms with Crippen LogP contribution in [-0.4, -0.2) is 306 Å². The molecule has 1 saturated heterocycles. The molecule has 694 valence electrons. The topological polar surface area (TPSA) is 813 Å². The van der Waals surface area contributed by atoms with Crippen LogP contribution in [0.25, 0.3) is 0 Å². The number of hydrogen-bond donors (Lipinski definition) is 26. The first-order valence-corrected chi connectivity index (χ1v) is 40.1. The number of nitrogens with zero attached hydrogens (tertiary/aromatic N) is 1. The number of aliphatic hydroxyl groups is 2. The lowest BCUT2D eigenvalue weighted by Crippen LogP contribution is -2.62. The molecule has 49 nitrogen and oxygen atoms in total. The summed E-state index contributed by atoms with van der Waals surface area (Å²) in [5.41, 5.74) is 22.3. The summed E-state index contributed by atoms with van der Waals surface area (Å²) < 4.78 is 0. The molecule has 0 radical (unpaired) electrons. The van der Waals surface area contributed by atoms with Crippen molar-refractivity contribution in [3.05, 3.63) is 0 Å². The van der Waals surface area contributed by atoms with Crippen molar-refractivity contribution < 1.29 is 146 Å². The highest BCUT2D eigenvalue weighted by Crippen LogP contribution is 2.22. The summed E-state index contributed by atoms with van der Waals surface area (Å²) in [6.45, 7) is 9.76. The first-order valence-electron chi connectivity index (χ1n) is 40.1. The molecule has 0 unspecified atom stereocenters. The third-order valence-corrected chi connectivity index (χ3v) is 19.3. The second kappa shape index (κ2) is 55.9. The molecule has 16 amide bonds. The lowest BCUT2D eigenvalue weighted by molar-refractivity contribution is -0.144. The van der Waals surface area contributed by atoms with Crippen LogP contribution in [-0.2, 0) is 105 Å². The highest BCUT2D eigenvalue weighted by Gasteiger charge is 2.43. The minimum Gasteiger partial charge on any atom is -0.481 e. The molecule has 0 aromatic carbocycles. The standard InChI is InChI=1S/C74H123N19O30/c1-9-36(6)58(91-61(109)39(77)33-94)71(119)86-41(18-22-52(98)99)62(110)79-32-51(97)81-48(31-56(106)107)69(117)92-59(38(8)95)72(120)89-47(30-50(78)96)68(116)84-44(21-25-55(104)105)66(114)90-57(35(4)5)73(121)93-28-14-17-49(93)70(118)85-40(15-10-12-26-75)63(111)80-37(7)60(108)82-42(19-23-53(100)101)65(113)88-46(29-34(2)3)67(115)83-43(20-24-54(102)103)64(112)87-45(74(122)123)16-11-13-27-76/h34-49,57-59,94-95H,9-33,75-77H2,1-8H3,(H2,78,96)(H,79,110)(H,80,111)(H,81,97)(H,82,108)(H,83,115)(H,84,116)(H,85,118)(H,86,119)(H,87,112)(H,88,113)(H,89,120)(H,90,114)(H,91,109)(H,92,117)(H,98,99)(H,100,101)(H,102,103)(H,104,105)(H,106,107)(H,122,123)/t36-,37-,38+,39-,40-,41-,42-,43-,44-,45-,46-,47-,48-,49-,57-,58-,59-/m0/s1. The van der Waals surface area contributed by atoms with Crippen molar-refractivity contribution in [3.63, 3.8) is 0 Å². The zero-order chi connectivity index (χ0) is 93.8. The molecule has 1 aliphatic rings. The zero-order valence-electron chi connectivity index (χ0n) is 70.0. The van der Waals surface area contributed by atoms with Gasteiger partial charge in [0.1, 0.15) is 90.6 Å². The molecule has 17 atom stereocenters. The van der Waals surface area contributed by atoms with Crippen molar-refractivity contribution in [2.45, 2.75) is 281 Å². The number of carboxylic acid groups (broad SMARTS) is 6. The average molecular weight is 1760 g/mol. The second-order valence-corrected chi connectivity index (χ2v) is 30.4. The Kier molecular flexibility index (Phi) is 49.6. The van der Waals surface area contributed by atoms with Gasteiger partial charge < -0.3 is 143 Å². The summed E-state index contributed by atoms with van der Waals surface area (Å²) in [5, 5.41) is 110. The van der Waals surface area contributed by atoms with Gasteiger partial charge in [0.05, 0.1) is 32.1 Å². The third kappa shape index (κ3) is 41.0. The molecule has 30 N–H and O–H groups in total. The minimum absolute atomic E-state index is 0.0401. The van der Waals surface area contributed by atoms with E-state index in [0.29, 0.717) is 12.8 Å². The number of carbonyl (C=O) groups is 22. The summed E-state index contributed by atoms with van der Waals surface area (Å²) in [7, 11) is 0. The van der Waals surface area contributed by atoms with E-state index in [1.54, 1.807) is 20.8 Å². The number of likely N-dealkylation sites (tertiary alicyclic amines) is 1. The van der Waals surface area contributed by atoms with Crippen molar-refractivity contribution in [2.75, 3.05) is 32.8 Å². The van der Waals surface area contributed by atoms with E-state index in [1.165, 1.54) is 27.7 Å². The Labute approximate surface area is 707 Å². The molecule has 0 aliphatic carbocycles. The van der Waals surface area contributed by atoms with Gasteiger partial charge in [0.25, 0.3) is 0 Å². The van der Waals surface area contributed by atoms with Crippen molar-refractivity contribution >= 4 is 130 Å². The van der Waals surface area contributed by atoms with Crippen LogP contribution in [0.5, 0.6) is 0 Å². The van der Waals surface area contributed by atoms with Gasteiger partial charge in [0.2, 0.25) is 94.5 Å². The smallest absolute Gasteiger partial charge is 0.326 e. The summed E-state index contributed by atoms with van der Waals surface area (Å²) in [5.74, 6) is -29.5. The van der Waals surface area contributed by atoms with Crippen molar-refractivity contribution in [1.29, 1.82) is 0 Å². The number of nitrogens with two attached hydrogens (primary N) is 4. The highest BCUT2D eigenvalue weighted by molar-refractivity contribution is 6.02. The maximum absolute atomic E-state index is 14.7. The molecule has 0 aromatic rings. The van der Waals surface area contributed by atoms with Gasteiger partial charge in [-0.15, -0.1) is 0 Å². The number of carbonyl (C=O) groups excluding carboxylic acids is 16. The predicted octanol–water partition coefficient (Wildman–Crippen LogP) is -8.98. The Bertz CT molecular complexity index is 3700. The van der Waals surface area contributed by atoms with Gasteiger partial charge in [0, 0.05) is 32.2 Å². The lowest BCUT2D eigenvalue weighted by Gasteiger charge is -2.32. The molecule has 0 aromatic heterocycles. The van der Waals surface area contributed by atoms with Gasteiger partial charge in [-0.25, -0.2) is 4.79 Å². The molecule has 123 heavy (non-hydrogen) atoms. The van der Waals surface area contributed by atoms with Crippen LogP contribution in [0.1, 0.15) is 184 Å². The fourth-order valence-electron chi connectivity index (χ4n) is 12.2. The van der Waals surface area contributed by atoms with E-state index >= 15 is 0 Å². The Morgan fingerprint density at radius 2 is 0.805 bits per heavy atom. The highest BCUT2D eigenvalue weighted by atomic mass is 16.4. The molecular formula is C74H123N19O30. The van der Waals surface area contributed by atoms with E-state index in [-0.39, 0.29) is 76.9 Å². The van der Waals surface area contributed by atoms with Gasteiger partial charge in [-0.1, -0.05) is 48.0 Å². The Morgan fingerprint density at radius 3 is 1.25 bits per heavy atom. The number of aliphatic carboxylic acids is 6. The number of primary amides is 1. The van der Waals surface area contributed by atoms with E-state index < -0.39 is 316 Å². The molecule has 1 heterocycles. The summed E-state index contributed by atoms with van der Waals surface area (Å²) in [6, 6.07) is -25.4. The molecule has 0 saturated carbocycles. The van der Waals surface area contributed by atoms with Gasteiger partial charge in [-0.2, -0.15) is 0 Å². The number of nitrogens with one attached hydrogen (secondary N) is 14. The summed E-state index contributed by atoms with van der Waals surface area (Å²) in [6.07, 6.45) is -8.64. The fraction of sp³-hybridized carbons (Fsp3) is 0.703. The molecule has 49 heteroatoms. The molecule has 1 fully saturated rings. The zero-order valence-corrected chi connectivity index (χ0v) is 70.0. The normalized spacial score (nSPS) is 16.3. The lowest BCUT2D eigenvalue weighted by atomic mass is 9.97. The van der Waals surface area contributed by atoms with Gasteiger partial charge in [-0.3, -0.25) is 101 Å². The first kappa shape index (κ1) is 109. The van der Waals surface area contributed by atoms with Crippen molar-refractivity contribution in [1.82, 2.24) is 79.3 Å². The number of aliphatic hydroxyl groups excluding tert-OH is 2. The SMILES string of the molecule is CC[C@H](C)[C@H](NC(=O)[C@@H](N)CO)C(=O)N[C@@H](CCC(=O)O)C(=O)NCC(=O)N[C@@H](CC(=O)O)C(=O)N[C@H](C(=O)N[C@@H](CC(N)=O)C(=O)N[C@@H](CCC(=O)O)C(=O)N[C@H](C(=O)N1CCC[C@H]1C(=O)N[C@@H](CCCCN)C(=O)N[C@@H](C)C(=O)N[C@@H](CCC(=O)O)C(=O)N[C@@H](CC(C)C)C(=O)N[C@@H](CCC(=O)O)C(=O)N[C@@H](CCCCN)C(=O)O)C(C)C)[C@@H](C)O. The summed E-state index contributed by atoms with van der Waals surface area (Å²) in [4.78, 5) is 292. The van der Waals surface area contributed by atoms with E-state index in [1.807, 2.05) is 10.6 Å². The largest absolute Gasteiger partial charge is 0.481 e. The van der Waals surface area contributed by atoms with Crippen LogP contribution in [0.2, 0.25) is 0 Å². The Hall–Kier alpha value is -11.9. The Morgan fingerprint density at radius 1 is 0.415 bits per heavy atom. The molecule has 0 bridgehead atoms. The van der Waals surface area contributed by atoms with Crippen molar-refractivity contribution in [2.24, 2.45) is 40.7 Å². The van der Waals surface area contributed by atoms with Crippen LogP contribution in [0.4, 0.5) is 0 Å². The molecule has 1 aliphatic heterocycles. The second-order valence-electron chi connectivity index (χ2n) is 30.4. The van der Waals surface area contributed by atoms with E-state index in [9.17, 15) is 146 Å². The number of amides is 16. The van der Waals surface area contributed by atoms with Crippen LogP contribution in [0, 0.1) is 17.8 Å². The van der Waals surface area contributed by atoms with Gasteiger partial charge >= 0.3 is 35.8 Å². The van der Waals surface area contributed by atoms with Crippen LogP contribution in [0.15, 0.2) is 0 Å². The third-order valence-electron chi connectivity index (χ3n) is 19.3. The van der Waals surface area contributed by atoms with Crippen molar-refractivity contribution in [3.8, 4) is 0 Å². The van der Waals surface area contributed by atoms with Crippen LogP contribution < -0.4 is 97.4 Å². The number of hydrogen-bond acceptors (Lipinski definition) is 27. The van der Waals surface area contributed by atoms with Gasteiger partial charge in [0.15, 0.2) is 0 Å². The molecule has 0 spiro atoms. The predicted molar refractivity (Wildman–Crippen MR) is 426 cm³/mol. The van der Waals surface area contributed by atoms with Gasteiger partial charge in [-0.05, 0) is 128 Å². The summed E-state index contributed by atoms with van der Waals surface area (Å²) >= 11 is 0. The molecule has 1 rings (SSSR count). The molecular weight excluding hydrogens is 1630 g/mol. The monoisotopic (exact) mass is 1760 g/mol. The van der Waals surface area contributed by atoms with E-state index in [4.69, 9.17) is 22.9 Å². The fourth-order valence-corrected chi connectivity index (χ4v) is 12.2. The van der Waals surface area contributed by atoms with E-state index in [2.05, 4.69) is 63.8 Å². The minimum atomic E-state index is -2.21. The number of unbranched alkanes of at least 4 members (excludes halogenated alkanes) is 2. The first-order chi connectivity index (χ1) is 57.5. The average Bonchev–Trinajstić information content (AvgIpc) is 1.72. The quantitative estimate of drug-likeness (QED) is 0.0252. The maximum atomic E-state index is 14.7. The van der Waals surface area contributed by atoms with Crippen LogP contribution >= 0.6 is 0 Å². The van der Waals surface area contributed by atoms with Crippen LogP contribution in [0.3, 0.4) is 0 Å². The number of rotatable bonds is 61. The Balaban J connectivity index is 3.54. The maximum Gasteiger partial charge on any atom is 0.326 e.